The smallest absolute Gasteiger partial charge is 0.139 e. The molecule has 2 rings (SSSR count). The van der Waals surface area contributed by atoms with Gasteiger partial charge in [-0.25, -0.2) is 9.97 Å². The van der Waals surface area contributed by atoms with Gasteiger partial charge in [-0.1, -0.05) is 25.1 Å². The molecule has 3 nitrogen and oxygen atoms in total. The minimum atomic E-state index is 0.241. The summed E-state index contributed by atoms with van der Waals surface area (Å²) in [5.74, 6) is 2.94. The van der Waals surface area contributed by atoms with Crippen molar-refractivity contribution in [2.45, 2.75) is 19.6 Å². The van der Waals surface area contributed by atoms with Crippen LogP contribution in [0.5, 0.6) is 0 Å². The third-order valence-electron chi connectivity index (χ3n) is 2.79. The van der Waals surface area contributed by atoms with Gasteiger partial charge in [0.15, 0.2) is 0 Å². The first-order valence-electron chi connectivity index (χ1n) is 6.11. The second-order valence-electron chi connectivity index (χ2n) is 4.55. The van der Waals surface area contributed by atoms with Crippen LogP contribution in [0.2, 0.25) is 0 Å². The standard InChI is InChI=1S/C14H18N2OS/c1-10(7-17)8-18-9-14-15-11(2)12-5-3-4-6-13(12)16-14/h3-6,10,17H,7-9H2,1-2H3/t10-/m0/s1. The van der Waals surface area contributed by atoms with Crippen LogP contribution in [0, 0.1) is 12.8 Å². The number of nitrogens with zero attached hydrogens (tertiary/aromatic N) is 2. The lowest BCUT2D eigenvalue weighted by Crippen LogP contribution is -2.04. The fraction of sp³-hybridized carbons (Fsp3) is 0.429. The first-order valence-corrected chi connectivity index (χ1v) is 7.27. The molecule has 1 N–H and O–H groups in total. The summed E-state index contributed by atoms with van der Waals surface area (Å²) in [6, 6.07) is 8.08. The molecular weight excluding hydrogens is 244 g/mol. The molecule has 0 spiro atoms. The normalized spacial score (nSPS) is 12.8. The number of benzene rings is 1. The van der Waals surface area contributed by atoms with Crippen molar-refractivity contribution < 1.29 is 5.11 Å². The van der Waals surface area contributed by atoms with Gasteiger partial charge in [0.1, 0.15) is 5.82 Å². The van der Waals surface area contributed by atoms with Gasteiger partial charge in [-0.15, -0.1) is 0 Å². The quantitative estimate of drug-likeness (QED) is 0.900. The van der Waals surface area contributed by atoms with E-state index in [1.54, 1.807) is 11.8 Å². The molecule has 0 unspecified atom stereocenters. The molecule has 1 heterocycles. The molecule has 0 amide bonds. The minimum absolute atomic E-state index is 0.241. The molecule has 0 aliphatic rings. The van der Waals surface area contributed by atoms with Gasteiger partial charge in [-0.05, 0) is 24.7 Å². The van der Waals surface area contributed by atoms with Gasteiger partial charge in [0.2, 0.25) is 0 Å². The van der Waals surface area contributed by atoms with E-state index >= 15 is 0 Å². The molecule has 4 heteroatoms. The summed E-state index contributed by atoms with van der Waals surface area (Å²) in [5.41, 5.74) is 2.04. The lowest BCUT2D eigenvalue weighted by atomic mass is 10.2. The van der Waals surface area contributed by atoms with Crippen LogP contribution < -0.4 is 0 Å². The summed E-state index contributed by atoms with van der Waals surface area (Å²) in [5, 5.41) is 10.1. The van der Waals surface area contributed by atoms with E-state index in [9.17, 15) is 0 Å². The van der Waals surface area contributed by atoms with Gasteiger partial charge in [0.05, 0.1) is 11.3 Å². The van der Waals surface area contributed by atoms with Crippen molar-refractivity contribution in [1.82, 2.24) is 9.97 Å². The SMILES string of the molecule is Cc1nc(CSC[C@@H](C)CO)nc2ccccc12. The average molecular weight is 262 g/mol. The summed E-state index contributed by atoms with van der Waals surface area (Å²) in [7, 11) is 0. The van der Waals surface area contributed by atoms with Gasteiger partial charge < -0.3 is 5.11 Å². The number of aromatic nitrogens is 2. The van der Waals surface area contributed by atoms with Gasteiger partial charge in [-0.3, -0.25) is 0 Å². The molecule has 0 radical (unpaired) electrons. The second kappa shape index (κ2) is 6.16. The fourth-order valence-electron chi connectivity index (χ4n) is 1.76. The molecule has 1 aromatic heterocycles. The largest absolute Gasteiger partial charge is 0.396 e. The second-order valence-corrected chi connectivity index (χ2v) is 5.58. The molecule has 0 aliphatic carbocycles. The average Bonchev–Trinajstić information content (AvgIpc) is 2.38. The Bertz CT molecular complexity index is 530. The highest BCUT2D eigenvalue weighted by Crippen LogP contribution is 2.18. The van der Waals surface area contributed by atoms with Gasteiger partial charge in [0, 0.05) is 17.7 Å². The van der Waals surface area contributed by atoms with Gasteiger partial charge >= 0.3 is 0 Å². The predicted octanol–water partition coefficient (Wildman–Crippen LogP) is 2.80. The van der Waals surface area contributed by atoms with Crippen LogP contribution in [-0.4, -0.2) is 27.4 Å². The maximum Gasteiger partial charge on any atom is 0.139 e. The van der Waals surface area contributed by atoms with E-state index in [0.29, 0.717) is 5.92 Å². The van der Waals surface area contributed by atoms with E-state index in [1.807, 2.05) is 32.0 Å². The number of rotatable bonds is 5. The number of para-hydroxylation sites is 1. The van der Waals surface area contributed by atoms with E-state index in [4.69, 9.17) is 5.11 Å². The minimum Gasteiger partial charge on any atom is -0.396 e. The Balaban J connectivity index is 2.10. The van der Waals surface area contributed by atoms with Crippen molar-refractivity contribution in [1.29, 1.82) is 0 Å². The van der Waals surface area contributed by atoms with Crippen LogP contribution in [0.3, 0.4) is 0 Å². The first-order chi connectivity index (χ1) is 8.70. The van der Waals surface area contributed by atoms with E-state index in [0.717, 1.165) is 33.9 Å². The Morgan fingerprint density at radius 3 is 2.83 bits per heavy atom. The maximum atomic E-state index is 8.97. The van der Waals surface area contributed by atoms with E-state index in [1.165, 1.54) is 0 Å². The van der Waals surface area contributed by atoms with Crippen LogP contribution in [0.1, 0.15) is 18.4 Å². The van der Waals surface area contributed by atoms with Crippen molar-refractivity contribution in [3.05, 3.63) is 35.8 Å². The number of aliphatic hydroxyl groups excluding tert-OH is 1. The van der Waals surface area contributed by atoms with Crippen LogP contribution in [0.4, 0.5) is 0 Å². The Kier molecular flexibility index (Phi) is 4.55. The Labute approximate surface area is 112 Å². The van der Waals surface area contributed by atoms with Crippen molar-refractivity contribution >= 4 is 22.7 Å². The summed E-state index contributed by atoms with van der Waals surface area (Å²) < 4.78 is 0. The third kappa shape index (κ3) is 3.21. The highest BCUT2D eigenvalue weighted by Gasteiger charge is 2.05. The van der Waals surface area contributed by atoms with Crippen LogP contribution in [0.25, 0.3) is 10.9 Å². The summed E-state index contributed by atoms with van der Waals surface area (Å²) in [6.07, 6.45) is 0. The number of fused-ring (bicyclic) bond motifs is 1. The topological polar surface area (TPSA) is 46.0 Å². The molecule has 96 valence electrons. The highest BCUT2D eigenvalue weighted by molar-refractivity contribution is 7.98. The molecule has 0 saturated heterocycles. The van der Waals surface area contributed by atoms with E-state index in [-0.39, 0.29) is 6.61 Å². The zero-order chi connectivity index (χ0) is 13.0. The number of aliphatic hydroxyl groups is 1. The summed E-state index contributed by atoms with van der Waals surface area (Å²) in [6.45, 7) is 4.30. The lowest BCUT2D eigenvalue weighted by Gasteiger charge is -2.08. The molecule has 1 atom stereocenters. The molecule has 0 bridgehead atoms. The van der Waals surface area contributed by atoms with Crippen molar-refractivity contribution in [2.24, 2.45) is 5.92 Å². The predicted molar refractivity (Wildman–Crippen MR) is 76.7 cm³/mol. The Morgan fingerprint density at radius 2 is 2.06 bits per heavy atom. The molecule has 2 aromatic rings. The van der Waals surface area contributed by atoms with Crippen LogP contribution in [-0.2, 0) is 5.75 Å². The van der Waals surface area contributed by atoms with Gasteiger partial charge in [0.25, 0.3) is 0 Å². The highest BCUT2D eigenvalue weighted by atomic mass is 32.2. The number of thioether (sulfide) groups is 1. The summed E-state index contributed by atoms with van der Waals surface area (Å²) >= 11 is 1.77. The molecule has 1 aromatic carbocycles. The molecular formula is C14H18N2OS. The summed E-state index contributed by atoms with van der Waals surface area (Å²) in [4.78, 5) is 9.09. The van der Waals surface area contributed by atoms with E-state index < -0.39 is 0 Å². The molecule has 18 heavy (non-hydrogen) atoms. The van der Waals surface area contributed by atoms with Crippen molar-refractivity contribution in [2.75, 3.05) is 12.4 Å². The zero-order valence-electron chi connectivity index (χ0n) is 10.8. The molecule has 0 fully saturated rings. The number of hydrogen-bond donors (Lipinski definition) is 1. The Morgan fingerprint density at radius 1 is 1.28 bits per heavy atom. The lowest BCUT2D eigenvalue weighted by molar-refractivity contribution is 0.250. The first kappa shape index (κ1) is 13.3. The number of hydrogen-bond acceptors (Lipinski definition) is 4. The third-order valence-corrected chi connectivity index (χ3v) is 4.05. The zero-order valence-corrected chi connectivity index (χ0v) is 11.6. The van der Waals surface area contributed by atoms with Gasteiger partial charge in [-0.2, -0.15) is 11.8 Å². The van der Waals surface area contributed by atoms with Crippen LogP contribution in [0.15, 0.2) is 24.3 Å². The van der Waals surface area contributed by atoms with Crippen LogP contribution >= 0.6 is 11.8 Å². The van der Waals surface area contributed by atoms with E-state index in [2.05, 4.69) is 16.0 Å². The molecule has 0 aliphatic heterocycles. The Hall–Kier alpha value is -1.13. The van der Waals surface area contributed by atoms with Crippen molar-refractivity contribution in [3.8, 4) is 0 Å². The molecule has 0 saturated carbocycles. The fourth-order valence-corrected chi connectivity index (χ4v) is 2.70. The monoisotopic (exact) mass is 262 g/mol. The maximum absolute atomic E-state index is 8.97. The van der Waals surface area contributed by atoms with Crippen molar-refractivity contribution in [3.63, 3.8) is 0 Å². The number of aryl methyl sites for hydroxylation is 1.